The first kappa shape index (κ1) is 12.3. The molecule has 0 amide bonds. The molecule has 1 aromatic rings. The Hall–Kier alpha value is -0.820. The van der Waals surface area contributed by atoms with Crippen LogP contribution in [-0.2, 0) is 0 Å². The van der Waals surface area contributed by atoms with Gasteiger partial charge in [0.15, 0.2) is 0 Å². The molecule has 0 radical (unpaired) electrons. The summed E-state index contributed by atoms with van der Waals surface area (Å²) in [5.41, 5.74) is 4.24. The lowest BCUT2D eigenvalue weighted by molar-refractivity contribution is 0.516. The highest BCUT2D eigenvalue weighted by molar-refractivity contribution is 5.31. The van der Waals surface area contributed by atoms with Gasteiger partial charge in [0.25, 0.3) is 0 Å². The van der Waals surface area contributed by atoms with Gasteiger partial charge in [-0.1, -0.05) is 25.1 Å². The third kappa shape index (κ3) is 3.35. The molecule has 1 aromatic carbocycles. The van der Waals surface area contributed by atoms with E-state index in [1.807, 2.05) is 7.05 Å². The van der Waals surface area contributed by atoms with Gasteiger partial charge in [0.2, 0.25) is 0 Å². The molecule has 2 unspecified atom stereocenters. The summed E-state index contributed by atoms with van der Waals surface area (Å²) in [6, 6.07) is 7.39. The second kappa shape index (κ2) is 5.32. The maximum Gasteiger partial charge on any atom is 0.00414 e. The average Bonchev–Trinajstić information content (AvgIpc) is 2.21. The van der Waals surface area contributed by atoms with Gasteiger partial charge in [-0.2, -0.15) is 0 Å². The third-order valence-electron chi connectivity index (χ3n) is 3.30. The highest BCUT2D eigenvalue weighted by atomic mass is 14.8. The molecule has 0 saturated heterocycles. The van der Waals surface area contributed by atoms with Crippen molar-refractivity contribution in [2.45, 2.75) is 46.1 Å². The van der Waals surface area contributed by atoms with Crippen LogP contribution in [0.2, 0.25) is 0 Å². The van der Waals surface area contributed by atoms with Crippen LogP contribution in [0.5, 0.6) is 0 Å². The largest absolute Gasteiger partial charge is 0.317 e. The van der Waals surface area contributed by atoms with Crippen LogP contribution in [0.3, 0.4) is 0 Å². The van der Waals surface area contributed by atoms with Crippen molar-refractivity contribution < 1.29 is 0 Å². The zero-order valence-electron chi connectivity index (χ0n) is 10.6. The third-order valence-corrected chi connectivity index (χ3v) is 3.30. The molecule has 15 heavy (non-hydrogen) atoms. The molecule has 0 spiro atoms. The molecule has 0 aliphatic heterocycles. The fraction of sp³-hybridized carbons (Fsp3) is 0.571. The Morgan fingerprint density at radius 2 is 1.80 bits per heavy atom. The molecule has 0 saturated carbocycles. The summed E-state index contributed by atoms with van der Waals surface area (Å²) < 4.78 is 0. The van der Waals surface area contributed by atoms with Crippen molar-refractivity contribution in [3.63, 3.8) is 0 Å². The maximum absolute atomic E-state index is 3.29. The van der Waals surface area contributed by atoms with Crippen LogP contribution in [0.25, 0.3) is 0 Å². The van der Waals surface area contributed by atoms with Crippen molar-refractivity contribution >= 4 is 0 Å². The fourth-order valence-electron chi connectivity index (χ4n) is 1.86. The second-order valence-corrected chi connectivity index (χ2v) is 4.67. The zero-order chi connectivity index (χ0) is 11.4. The topological polar surface area (TPSA) is 12.0 Å². The van der Waals surface area contributed by atoms with Crippen molar-refractivity contribution in [2.24, 2.45) is 0 Å². The lowest BCUT2D eigenvalue weighted by atomic mass is 9.92. The highest BCUT2D eigenvalue weighted by Gasteiger charge is 2.09. The molecule has 1 nitrogen and oxygen atoms in total. The molecule has 2 atom stereocenters. The van der Waals surface area contributed by atoms with Crippen LogP contribution in [0.1, 0.15) is 42.9 Å². The van der Waals surface area contributed by atoms with Gasteiger partial charge >= 0.3 is 0 Å². The van der Waals surface area contributed by atoms with E-state index in [0.29, 0.717) is 12.0 Å². The number of rotatable bonds is 4. The first-order valence-corrected chi connectivity index (χ1v) is 5.79. The lowest BCUT2D eigenvalue weighted by Crippen LogP contribution is -2.22. The van der Waals surface area contributed by atoms with Crippen molar-refractivity contribution in [3.05, 3.63) is 34.9 Å². The molecule has 1 heteroatoms. The summed E-state index contributed by atoms with van der Waals surface area (Å²) in [6.45, 7) is 8.89. The maximum atomic E-state index is 3.29. The molecule has 0 aliphatic rings. The first-order chi connectivity index (χ1) is 7.04. The Bertz CT molecular complexity index is 317. The summed E-state index contributed by atoms with van der Waals surface area (Å²) in [5.74, 6) is 0.631. The average molecular weight is 205 g/mol. The van der Waals surface area contributed by atoms with E-state index >= 15 is 0 Å². The van der Waals surface area contributed by atoms with Crippen molar-refractivity contribution in [1.29, 1.82) is 0 Å². The molecular formula is C14H23N. The Labute approximate surface area is 93.9 Å². The van der Waals surface area contributed by atoms with E-state index in [4.69, 9.17) is 0 Å². The summed E-state index contributed by atoms with van der Waals surface area (Å²) in [5, 5.41) is 3.29. The van der Waals surface area contributed by atoms with Crippen molar-refractivity contribution in [2.75, 3.05) is 7.05 Å². The summed E-state index contributed by atoms with van der Waals surface area (Å²) in [6.07, 6.45) is 1.19. The van der Waals surface area contributed by atoms with Gasteiger partial charge in [-0.3, -0.25) is 0 Å². The lowest BCUT2D eigenvalue weighted by Gasteiger charge is -2.18. The molecular weight excluding hydrogens is 182 g/mol. The first-order valence-electron chi connectivity index (χ1n) is 5.79. The smallest absolute Gasteiger partial charge is 0.00414 e. The van der Waals surface area contributed by atoms with E-state index in [0.717, 1.165) is 0 Å². The van der Waals surface area contributed by atoms with Crippen molar-refractivity contribution in [3.8, 4) is 0 Å². The quantitative estimate of drug-likeness (QED) is 0.794. The molecule has 1 N–H and O–H groups in total. The molecule has 0 aromatic heterocycles. The van der Waals surface area contributed by atoms with Crippen LogP contribution >= 0.6 is 0 Å². The van der Waals surface area contributed by atoms with E-state index in [2.05, 4.69) is 51.2 Å². The number of aryl methyl sites for hydroxylation is 2. The van der Waals surface area contributed by atoms with Crippen molar-refractivity contribution in [1.82, 2.24) is 5.32 Å². The van der Waals surface area contributed by atoms with Gasteiger partial charge in [0.1, 0.15) is 0 Å². The summed E-state index contributed by atoms with van der Waals surface area (Å²) >= 11 is 0. The van der Waals surface area contributed by atoms with Gasteiger partial charge in [-0.05, 0) is 56.8 Å². The molecule has 1 rings (SSSR count). The van der Waals surface area contributed by atoms with Crippen LogP contribution in [0.15, 0.2) is 18.2 Å². The van der Waals surface area contributed by atoms with Crippen LogP contribution in [0.4, 0.5) is 0 Å². The zero-order valence-corrected chi connectivity index (χ0v) is 10.6. The number of hydrogen-bond acceptors (Lipinski definition) is 1. The SMILES string of the molecule is CNC(C)CC(C)c1ccc(C)c(C)c1. The van der Waals surface area contributed by atoms with Crippen LogP contribution < -0.4 is 5.32 Å². The highest BCUT2D eigenvalue weighted by Crippen LogP contribution is 2.22. The number of hydrogen-bond donors (Lipinski definition) is 1. The Morgan fingerprint density at radius 3 is 2.33 bits per heavy atom. The fourth-order valence-corrected chi connectivity index (χ4v) is 1.86. The number of benzene rings is 1. The summed E-state index contributed by atoms with van der Waals surface area (Å²) in [7, 11) is 2.03. The van der Waals surface area contributed by atoms with E-state index in [9.17, 15) is 0 Å². The Morgan fingerprint density at radius 1 is 1.13 bits per heavy atom. The standard InChI is InChI=1S/C14H23N/c1-10-6-7-14(9-11(10)2)12(3)8-13(4)15-5/h6-7,9,12-13,15H,8H2,1-5H3. The molecule has 0 bridgehead atoms. The van der Waals surface area contributed by atoms with E-state index < -0.39 is 0 Å². The van der Waals surface area contributed by atoms with E-state index in [1.54, 1.807) is 0 Å². The monoisotopic (exact) mass is 205 g/mol. The van der Waals surface area contributed by atoms with E-state index in [-0.39, 0.29) is 0 Å². The van der Waals surface area contributed by atoms with Crippen LogP contribution in [-0.4, -0.2) is 13.1 Å². The van der Waals surface area contributed by atoms with Gasteiger partial charge in [0, 0.05) is 6.04 Å². The normalized spacial score (nSPS) is 15.0. The minimum atomic E-state index is 0.585. The van der Waals surface area contributed by atoms with Crippen LogP contribution in [0, 0.1) is 13.8 Å². The Kier molecular flexibility index (Phi) is 4.34. The molecule has 0 heterocycles. The minimum absolute atomic E-state index is 0.585. The molecule has 0 fully saturated rings. The van der Waals surface area contributed by atoms with Gasteiger partial charge in [-0.25, -0.2) is 0 Å². The van der Waals surface area contributed by atoms with Gasteiger partial charge < -0.3 is 5.32 Å². The van der Waals surface area contributed by atoms with E-state index in [1.165, 1.54) is 23.1 Å². The summed E-state index contributed by atoms with van der Waals surface area (Å²) in [4.78, 5) is 0. The van der Waals surface area contributed by atoms with Gasteiger partial charge in [0.05, 0.1) is 0 Å². The predicted octanol–water partition coefficient (Wildman–Crippen LogP) is 3.40. The number of nitrogens with one attached hydrogen (secondary N) is 1. The molecule has 84 valence electrons. The Balaban J connectivity index is 2.73. The predicted molar refractivity (Wildman–Crippen MR) is 67.5 cm³/mol. The molecule has 0 aliphatic carbocycles. The second-order valence-electron chi connectivity index (χ2n) is 4.67. The minimum Gasteiger partial charge on any atom is -0.317 e. The van der Waals surface area contributed by atoms with Gasteiger partial charge in [-0.15, -0.1) is 0 Å².